The highest BCUT2D eigenvalue weighted by Gasteiger charge is 2.23. The molecule has 2 aromatic rings. The minimum Gasteiger partial charge on any atom is -0.305 e. The maximum atomic E-state index is 4.56. The Bertz CT molecular complexity index is 609. The first-order valence-electron chi connectivity index (χ1n) is 8.89. The summed E-state index contributed by atoms with van der Waals surface area (Å²) in [4.78, 5) is 2.24. The molecule has 4 nitrogen and oxygen atoms in total. The van der Waals surface area contributed by atoms with Gasteiger partial charge in [-0.2, -0.15) is 0 Å². The fraction of sp³-hybridized carbons (Fsp3) is 0.579. The summed E-state index contributed by atoms with van der Waals surface area (Å²) in [5.41, 5.74) is 1.33. The van der Waals surface area contributed by atoms with E-state index in [-0.39, 0.29) is 0 Å². The van der Waals surface area contributed by atoms with E-state index in [1.165, 1.54) is 12.0 Å². The Labute approximate surface area is 150 Å². The molecule has 0 aliphatic heterocycles. The Hall–Kier alpha value is -1.33. The lowest BCUT2D eigenvalue weighted by molar-refractivity contribution is 0.270. The summed E-state index contributed by atoms with van der Waals surface area (Å²) in [5.74, 6) is 1.10. The molecule has 0 N–H and O–H groups in total. The van der Waals surface area contributed by atoms with Gasteiger partial charge in [-0.15, -0.1) is 10.2 Å². The van der Waals surface area contributed by atoms with Crippen molar-refractivity contribution in [2.75, 3.05) is 14.1 Å². The summed E-state index contributed by atoms with van der Waals surface area (Å²) in [6.07, 6.45) is 3.37. The summed E-state index contributed by atoms with van der Waals surface area (Å²) < 4.78 is 2.34. The van der Waals surface area contributed by atoms with Crippen LogP contribution in [0.2, 0.25) is 0 Å². The first kappa shape index (κ1) is 19.0. The maximum absolute atomic E-state index is 4.56. The Kier molecular flexibility index (Phi) is 7.31. The standard InChI is InChI=1S/C19H30N4S/c1-6-8-14-23-18(17(7-2)22(4)5)20-21-19(23)24-15(3)16-12-10-9-11-13-16/h9-13,15,17H,6-8,14H2,1-5H3. The van der Waals surface area contributed by atoms with Gasteiger partial charge in [0.05, 0.1) is 6.04 Å². The van der Waals surface area contributed by atoms with Crippen molar-refractivity contribution in [3.05, 3.63) is 41.7 Å². The van der Waals surface area contributed by atoms with Crippen molar-refractivity contribution in [3.8, 4) is 0 Å². The average molecular weight is 347 g/mol. The van der Waals surface area contributed by atoms with Gasteiger partial charge in [0.25, 0.3) is 0 Å². The second kappa shape index (κ2) is 9.23. The van der Waals surface area contributed by atoms with Crippen molar-refractivity contribution >= 4 is 11.8 Å². The monoisotopic (exact) mass is 346 g/mol. The highest BCUT2D eigenvalue weighted by Crippen LogP contribution is 2.35. The van der Waals surface area contributed by atoms with E-state index in [2.05, 4.69) is 84.9 Å². The lowest BCUT2D eigenvalue weighted by Crippen LogP contribution is -2.23. The van der Waals surface area contributed by atoms with Crippen LogP contribution in [-0.4, -0.2) is 33.8 Å². The molecule has 0 saturated carbocycles. The molecule has 1 aromatic heterocycles. The normalized spacial score (nSPS) is 14.1. The van der Waals surface area contributed by atoms with Crippen molar-refractivity contribution < 1.29 is 0 Å². The van der Waals surface area contributed by atoms with Crippen LogP contribution in [0.1, 0.15) is 62.7 Å². The van der Waals surface area contributed by atoms with Gasteiger partial charge >= 0.3 is 0 Å². The zero-order valence-electron chi connectivity index (χ0n) is 15.6. The molecule has 2 atom stereocenters. The van der Waals surface area contributed by atoms with Crippen LogP contribution in [0.3, 0.4) is 0 Å². The van der Waals surface area contributed by atoms with Crippen LogP contribution in [0.25, 0.3) is 0 Å². The van der Waals surface area contributed by atoms with Gasteiger partial charge in [0.2, 0.25) is 0 Å². The lowest BCUT2D eigenvalue weighted by atomic mass is 10.2. The van der Waals surface area contributed by atoms with E-state index in [0.29, 0.717) is 11.3 Å². The van der Waals surface area contributed by atoms with Crippen LogP contribution >= 0.6 is 11.8 Å². The molecule has 2 unspecified atom stereocenters. The summed E-state index contributed by atoms with van der Waals surface area (Å²) in [7, 11) is 4.23. The second-order valence-electron chi connectivity index (χ2n) is 6.40. The van der Waals surface area contributed by atoms with Crippen LogP contribution in [0.4, 0.5) is 0 Å². The van der Waals surface area contributed by atoms with Crippen molar-refractivity contribution in [2.24, 2.45) is 0 Å². The smallest absolute Gasteiger partial charge is 0.191 e. The summed E-state index contributed by atoms with van der Waals surface area (Å²) in [6, 6.07) is 10.9. The highest BCUT2D eigenvalue weighted by molar-refractivity contribution is 7.99. The largest absolute Gasteiger partial charge is 0.305 e. The third-order valence-electron chi connectivity index (χ3n) is 4.34. The highest BCUT2D eigenvalue weighted by atomic mass is 32.2. The van der Waals surface area contributed by atoms with Gasteiger partial charge in [0.15, 0.2) is 11.0 Å². The van der Waals surface area contributed by atoms with E-state index < -0.39 is 0 Å². The molecule has 0 aliphatic carbocycles. The van der Waals surface area contributed by atoms with Crippen LogP contribution in [-0.2, 0) is 6.54 Å². The Morgan fingerprint density at radius 3 is 2.42 bits per heavy atom. The number of hydrogen-bond acceptors (Lipinski definition) is 4. The summed E-state index contributed by atoms with van der Waals surface area (Å²) in [6.45, 7) is 7.67. The van der Waals surface area contributed by atoms with E-state index in [0.717, 1.165) is 30.4 Å². The number of nitrogens with zero attached hydrogens (tertiary/aromatic N) is 4. The molecule has 0 saturated heterocycles. The van der Waals surface area contributed by atoms with Crippen molar-refractivity contribution in [2.45, 2.75) is 63.0 Å². The van der Waals surface area contributed by atoms with Crippen molar-refractivity contribution in [3.63, 3.8) is 0 Å². The first-order chi connectivity index (χ1) is 11.6. The molecule has 1 heterocycles. The number of thioether (sulfide) groups is 1. The maximum Gasteiger partial charge on any atom is 0.191 e. The van der Waals surface area contributed by atoms with E-state index in [1.807, 2.05) is 0 Å². The molecule has 0 aliphatic rings. The lowest BCUT2D eigenvalue weighted by Gasteiger charge is -2.23. The molecule has 0 spiro atoms. The van der Waals surface area contributed by atoms with Gasteiger partial charge in [0.1, 0.15) is 0 Å². The van der Waals surface area contributed by atoms with Gasteiger partial charge in [-0.3, -0.25) is 4.90 Å². The number of hydrogen-bond donors (Lipinski definition) is 0. The quantitative estimate of drug-likeness (QED) is 0.602. The molecular formula is C19H30N4S. The number of aromatic nitrogens is 3. The SMILES string of the molecule is CCCCn1c(SC(C)c2ccccc2)nnc1C(CC)N(C)C. The molecule has 5 heteroatoms. The zero-order valence-corrected chi connectivity index (χ0v) is 16.4. The molecule has 24 heavy (non-hydrogen) atoms. The van der Waals surface area contributed by atoms with Crippen LogP contribution in [0.15, 0.2) is 35.5 Å². The van der Waals surface area contributed by atoms with E-state index in [4.69, 9.17) is 0 Å². The molecule has 0 bridgehead atoms. The number of benzene rings is 1. The second-order valence-corrected chi connectivity index (χ2v) is 7.71. The Morgan fingerprint density at radius 1 is 1.12 bits per heavy atom. The number of unbranched alkanes of at least 4 members (excludes halogenated alkanes) is 1. The predicted molar refractivity (Wildman–Crippen MR) is 102 cm³/mol. The van der Waals surface area contributed by atoms with Gasteiger partial charge in [-0.05, 0) is 39.4 Å². The summed E-state index contributed by atoms with van der Waals surface area (Å²) in [5, 5.41) is 10.5. The van der Waals surface area contributed by atoms with Gasteiger partial charge in [-0.1, -0.05) is 62.4 Å². The van der Waals surface area contributed by atoms with Crippen molar-refractivity contribution in [1.82, 2.24) is 19.7 Å². The van der Waals surface area contributed by atoms with Crippen LogP contribution in [0, 0.1) is 0 Å². The molecule has 2 rings (SSSR count). The Balaban J connectivity index is 2.27. The fourth-order valence-corrected chi connectivity index (χ4v) is 3.90. The van der Waals surface area contributed by atoms with Crippen LogP contribution < -0.4 is 0 Å². The topological polar surface area (TPSA) is 34.0 Å². The zero-order chi connectivity index (χ0) is 17.5. The molecule has 0 fully saturated rings. The number of rotatable bonds is 9. The molecule has 132 valence electrons. The van der Waals surface area contributed by atoms with Gasteiger partial charge in [-0.25, -0.2) is 0 Å². The van der Waals surface area contributed by atoms with Crippen molar-refractivity contribution in [1.29, 1.82) is 0 Å². The first-order valence-corrected chi connectivity index (χ1v) is 9.77. The predicted octanol–water partition coefficient (Wildman–Crippen LogP) is 4.94. The molecule has 0 radical (unpaired) electrons. The summed E-state index contributed by atoms with van der Waals surface area (Å²) >= 11 is 1.81. The molecule has 1 aromatic carbocycles. The van der Waals surface area contributed by atoms with Gasteiger partial charge in [0, 0.05) is 11.8 Å². The molecular weight excluding hydrogens is 316 g/mol. The molecule has 0 amide bonds. The van der Waals surface area contributed by atoms with Crippen LogP contribution in [0.5, 0.6) is 0 Å². The fourth-order valence-electron chi connectivity index (χ4n) is 2.89. The third kappa shape index (κ3) is 4.61. The average Bonchev–Trinajstić information content (AvgIpc) is 2.96. The van der Waals surface area contributed by atoms with Gasteiger partial charge < -0.3 is 4.57 Å². The third-order valence-corrected chi connectivity index (χ3v) is 5.48. The Morgan fingerprint density at radius 2 is 1.83 bits per heavy atom. The minimum absolute atomic E-state index is 0.315. The van der Waals surface area contributed by atoms with E-state index in [9.17, 15) is 0 Å². The van der Waals surface area contributed by atoms with E-state index >= 15 is 0 Å². The minimum atomic E-state index is 0.315. The van der Waals surface area contributed by atoms with E-state index in [1.54, 1.807) is 11.8 Å².